The van der Waals surface area contributed by atoms with Gasteiger partial charge in [-0.15, -0.1) is 0 Å². The van der Waals surface area contributed by atoms with E-state index in [2.05, 4.69) is 4.98 Å². The predicted octanol–water partition coefficient (Wildman–Crippen LogP) is 1.14. The smallest absolute Gasteiger partial charge is 0.293 e. The molecular weight excluding hydrogens is 230 g/mol. The molecule has 1 aromatic heterocycles. The van der Waals surface area contributed by atoms with E-state index in [0.717, 1.165) is 5.52 Å². The number of hydrogen-bond acceptors (Lipinski definition) is 4. The van der Waals surface area contributed by atoms with Gasteiger partial charge in [0, 0.05) is 6.54 Å². The first-order chi connectivity index (χ1) is 8.38. The molecule has 0 saturated heterocycles. The summed E-state index contributed by atoms with van der Waals surface area (Å²) in [4.78, 5) is 16.1. The Labute approximate surface area is 105 Å². The molecule has 0 aliphatic rings. The van der Waals surface area contributed by atoms with E-state index in [1.54, 1.807) is 18.4 Å². The topological polar surface area (TPSA) is 81.1 Å². The summed E-state index contributed by atoms with van der Waals surface area (Å²) in [7, 11) is 0. The molecule has 5 nitrogen and oxygen atoms in total. The van der Waals surface area contributed by atoms with Gasteiger partial charge in [-0.2, -0.15) is 0 Å². The minimum Gasteiger partial charge on any atom is -0.390 e. The number of rotatable bonds is 3. The highest BCUT2D eigenvalue weighted by Crippen LogP contribution is 2.14. The molecule has 1 aromatic carbocycles. The highest BCUT2D eigenvalue weighted by atomic mass is 16.3. The van der Waals surface area contributed by atoms with Crippen molar-refractivity contribution in [3.05, 3.63) is 34.6 Å². The van der Waals surface area contributed by atoms with Crippen molar-refractivity contribution < 1.29 is 5.11 Å². The monoisotopic (exact) mass is 247 g/mol. The van der Waals surface area contributed by atoms with E-state index in [0.29, 0.717) is 18.5 Å². The maximum absolute atomic E-state index is 12.0. The Hall–Kier alpha value is -1.88. The summed E-state index contributed by atoms with van der Waals surface area (Å²) in [5.74, 6) is -0.00977. The second kappa shape index (κ2) is 4.42. The lowest BCUT2D eigenvalue weighted by Gasteiger charge is -2.18. The molecule has 1 heterocycles. The average molecular weight is 247 g/mol. The second-order valence-corrected chi connectivity index (χ2v) is 5.00. The van der Waals surface area contributed by atoms with Crippen molar-refractivity contribution in [2.75, 3.05) is 5.73 Å². The zero-order valence-electron chi connectivity index (χ0n) is 10.6. The number of aliphatic hydroxyl groups is 1. The zero-order chi connectivity index (χ0) is 13.3. The lowest BCUT2D eigenvalue weighted by molar-refractivity contribution is 0.0663. The van der Waals surface area contributed by atoms with E-state index in [9.17, 15) is 9.90 Å². The summed E-state index contributed by atoms with van der Waals surface area (Å²) >= 11 is 0. The third-order valence-corrected chi connectivity index (χ3v) is 2.82. The molecule has 0 aliphatic heterocycles. The van der Waals surface area contributed by atoms with E-state index >= 15 is 0 Å². The number of nitrogens with two attached hydrogens (primary N) is 1. The van der Waals surface area contributed by atoms with Gasteiger partial charge < -0.3 is 15.4 Å². The number of aryl methyl sites for hydroxylation is 1. The van der Waals surface area contributed by atoms with Crippen LogP contribution in [0.2, 0.25) is 0 Å². The molecule has 0 radical (unpaired) electrons. The van der Waals surface area contributed by atoms with Crippen LogP contribution in [-0.2, 0) is 6.54 Å². The maximum Gasteiger partial charge on any atom is 0.293 e. The van der Waals surface area contributed by atoms with Crippen LogP contribution in [0.25, 0.3) is 11.0 Å². The van der Waals surface area contributed by atoms with E-state index in [4.69, 9.17) is 5.73 Å². The molecule has 0 atom stereocenters. The summed E-state index contributed by atoms with van der Waals surface area (Å²) in [6.07, 6.45) is 0.473. The standard InChI is InChI=1S/C13H17N3O2/c1-13(2,18)7-8-16-10-6-4-3-5-9(10)15-11(14)12(16)17/h3-6,18H,7-8H2,1-2H3,(H2,14,15). The fourth-order valence-corrected chi connectivity index (χ4v) is 1.82. The molecule has 0 amide bonds. The fraction of sp³-hybridized carbons (Fsp3) is 0.385. The number of para-hydroxylation sites is 2. The van der Waals surface area contributed by atoms with Crippen LogP contribution in [0, 0.1) is 0 Å². The van der Waals surface area contributed by atoms with E-state index < -0.39 is 5.60 Å². The molecule has 0 unspecified atom stereocenters. The van der Waals surface area contributed by atoms with Crippen molar-refractivity contribution >= 4 is 16.9 Å². The highest BCUT2D eigenvalue weighted by Gasteiger charge is 2.15. The summed E-state index contributed by atoms with van der Waals surface area (Å²) in [5.41, 5.74) is 5.91. The number of nitrogens with zero attached hydrogens (tertiary/aromatic N) is 2. The predicted molar refractivity (Wildman–Crippen MR) is 71.3 cm³/mol. The molecule has 0 saturated carbocycles. The van der Waals surface area contributed by atoms with Crippen LogP contribution < -0.4 is 11.3 Å². The van der Waals surface area contributed by atoms with Gasteiger partial charge >= 0.3 is 0 Å². The second-order valence-electron chi connectivity index (χ2n) is 5.00. The van der Waals surface area contributed by atoms with Gasteiger partial charge in [0.1, 0.15) is 0 Å². The van der Waals surface area contributed by atoms with Crippen molar-refractivity contribution in [2.24, 2.45) is 0 Å². The molecule has 2 aromatic rings. The van der Waals surface area contributed by atoms with Gasteiger partial charge in [0.05, 0.1) is 16.6 Å². The van der Waals surface area contributed by atoms with Crippen LogP contribution >= 0.6 is 0 Å². The van der Waals surface area contributed by atoms with E-state index in [1.807, 2.05) is 24.3 Å². The van der Waals surface area contributed by atoms with Crippen LogP contribution in [0.3, 0.4) is 0 Å². The number of fused-ring (bicyclic) bond motifs is 1. The van der Waals surface area contributed by atoms with Crippen LogP contribution in [0.1, 0.15) is 20.3 Å². The Morgan fingerprint density at radius 2 is 2.06 bits per heavy atom. The largest absolute Gasteiger partial charge is 0.390 e. The minimum atomic E-state index is -0.821. The quantitative estimate of drug-likeness (QED) is 0.852. The van der Waals surface area contributed by atoms with Crippen LogP contribution in [-0.4, -0.2) is 20.3 Å². The normalized spacial score (nSPS) is 11.9. The number of nitrogen functional groups attached to an aromatic ring is 1. The van der Waals surface area contributed by atoms with Gasteiger partial charge in [0.2, 0.25) is 0 Å². The van der Waals surface area contributed by atoms with Crippen LogP contribution in [0.4, 0.5) is 5.82 Å². The number of aromatic nitrogens is 2. The molecule has 3 N–H and O–H groups in total. The van der Waals surface area contributed by atoms with Gasteiger partial charge in [-0.25, -0.2) is 4.98 Å². The Morgan fingerprint density at radius 1 is 1.39 bits per heavy atom. The molecule has 5 heteroatoms. The molecule has 0 aliphatic carbocycles. The van der Waals surface area contributed by atoms with Gasteiger partial charge in [-0.05, 0) is 32.4 Å². The minimum absolute atomic E-state index is 0.00977. The summed E-state index contributed by atoms with van der Waals surface area (Å²) in [6.45, 7) is 3.84. The number of hydrogen-bond donors (Lipinski definition) is 2. The fourth-order valence-electron chi connectivity index (χ4n) is 1.82. The number of anilines is 1. The van der Waals surface area contributed by atoms with E-state index in [-0.39, 0.29) is 11.4 Å². The summed E-state index contributed by atoms with van der Waals surface area (Å²) in [5, 5.41) is 9.75. The third kappa shape index (κ3) is 2.51. The Bertz CT molecular complexity index is 626. The van der Waals surface area contributed by atoms with Gasteiger partial charge in [-0.3, -0.25) is 4.79 Å². The van der Waals surface area contributed by atoms with Crippen LogP contribution in [0.5, 0.6) is 0 Å². The SMILES string of the molecule is CC(C)(O)CCn1c(=O)c(N)nc2ccccc21. The summed E-state index contributed by atoms with van der Waals surface area (Å²) < 4.78 is 1.57. The molecule has 18 heavy (non-hydrogen) atoms. The molecule has 0 spiro atoms. The Balaban J connectivity index is 2.54. The maximum atomic E-state index is 12.0. The lowest BCUT2D eigenvalue weighted by Crippen LogP contribution is -2.29. The summed E-state index contributed by atoms with van der Waals surface area (Å²) in [6, 6.07) is 7.33. The van der Waals surface area contributed by atoms with Gasteiger partial charge in [0.25, 0.3) is 5.56 Å². The van der Waals surface area contributed by atoms with Gasteiger partial charge in [-0.1, -0.05) is 12.1 Å². The van der Waals surface area contributed by atoms with Crippen molar-refractivity contribution in [2.45, 2.75) is 32.4 Å². The van der Waals surface area contributed by atoms with E-state index in [1.165, 1.54) is 0 Å². The van der Waals surface area contributed by atoms with Crippen molar-refractivity contribution in [1.29, 1.82) is 0 Å². The number of benzene rings is 1. The lowest BCUT2D eigenvalue weighted by atomic mass is 10.1. The Kier molecular flexibility index (Phi) is 3.09. The highest BCUT2D eigenvalue weighted by molar-refractivity contribution is 5.75. The first kappa shape index (κ1) is 12.6. The van der Waals surface area contributed by atoms with Crippen molar-refractivity contribution in [3.63, 3.8) is 0 Å². The molecular formula is C13H17N3O2. The average Bonchev–Trinajstić information content (AvgIpc) is 2.28. The van der Waals surface area contributed by atoms with Crippen molar-refractivity contribution in [1.82, 2.24) is 9.55 Å². The first-order valence-corrected chi connectivity index (χ1v) is 5.86. The molecule has 0 fully saturated rings. The third-order valence-electron chi connectivity index (χ3n) is 2.82. The zero-order valence-corrected chi connectivity index (χ0v) is 10.6. The molecule has 96 valence electrons. The molecule has 0 bridgehead atoms. The van der Waals surface area contributed by atoms with Crippen LogP contribution in [0.15, 0.2) is 29.1 Å². The van der Waals surface area contributed by atoms with Gasteiger partial charge in [0.15, 0.2) is 5.82 Å². The molecule has 2 rings (SSSR count). The van der Waals surface area contributed by atoms with Crippen molar-refractivity contribution in [3.8, 4) is 0 Å². The Morgan fingerprint density at radius 3 is 2.72 bits per heavy atom. The first-order valence-electron chi connectivity index (χ1n) is 5.86.